The van der Waals surface area contributed by atoms with E-state index in [1.54, 1.807) is 23.0 Å². The van der Waals surface area contributed by atoms with Crippen LogP contribution in [0.2, 0.25) is 5.02 Å². The maximum atomic E-state index is 5.81. The van der Waals surface area contributed by atoms with Crippen molar-refractivity contribution in [3.8, 4) is 0 Å². The van der Waals surface area contributed by atoms with Crippen molar-refractivity contribution >= 4 is 23.2 Å². The number of nitrogens with one attached hydrogen (secondary N) is 1. The first-order valence-electron chi connectivity index (χ1n) is 4.12. The summed E-state index contributed by atoms with van der Waals surface area (Å²) in [6.45, 7) is 0. The summed E-state index contributed by atoms with van der Waals surface area (Å²) in [5.74, 6) is 1.44. The number of aryl methyl sites for hydroxylation is 1. The van der Waals surface area contributed by atoms with Crippen LogP contribution in [0.25, 0.3) is 0 Å². The quantitative estimate of drug-likeness (QED) is 0.823. The highest BCUT2D eigenvalue weighted by molar-refractivity contribution is 6.30. The third-order valence-electron chi connectivity index (χ3n) is 1.69. The molecule has 0 aliphatic heterocycles. The van der Waals surface area contributed by atoms with E-state index in [2.05, 4.69) is 15.4 Å². The zero-order valence-corrected chi connectivity index (χ0v) is 8.36. The van der Waals surface area contributed by atoms with Crippen LogP contribution in [-0.2, 0) is 7.05 Å². The molecule has 0 amide bonds. The minimum Gasteiger partial charge on any atom is -0.323 e. The van der Waals surface area contributed by atoms with Gasteiger partial charge in [-0.05, 0) is 12.1 Å². The number of anilines is 2. The molecule has 0 aliphatic carbocycles. The average Bonchev–Trinajstić information content (AvgIpc) is 2.51. The zero-order valence-electron chi connectivity index (χ0n) is 7.61. The third-order valence-corrected chi connectivity index (χ3v) is 1.93. The molecule has 5 heteroatoms. The summed E-state index contributed by atoms with van der Waals surface area (Å²) in [6.07, 6.45) is 3.50. The third kappa shape index (κ3) is 2.03. The Morgan fingerprint density at radius 2 is 2.21 bits per heavy atom. The van der Waals surface area contributed by atoms with E-state index in [-0.39, 0.29) is 0 Å². The van der Waals surface area contributed by atoms with Crippen LogP contribution in [0.15, 0.2) is 30.6 Å². The molecule has 0 saturated heterocycles. The largest absolute Gasteiger partial charge is 0.323 e. The first kappa shape index (κ1) is 9.02. The Morgan fingerprint density at radius 1 is 1.36 bits per heavy atom. The standard InChI is InChI=1S/C9H9ClN4/c1-14-5-3-8(13-14)12-9-6-7(10)2-4-11-9/h2-6H,1H3,(H,11,12,13). The van der Waals surface area contributed by atoms with Crippen LogP contribution in [-0.4, -0.2) is 14.8 Å². The SMILES string of the molecule is Cn1ccc(Nc2cc(Cl)ccn2)n1. The summed E-state index contributed by atoms with van der Waals surface area (Å²) in [6, 6.07) is 5.34. The minimum atomic E-state index is 0.651. The fraction of sp³-hybridized carbons (Fsp3) is 0.111. The molecule has 0 unspecified atom stereocenters. The van der Waals surface area contributed by atoms with Gasteiger partial charge >= 0.3 is 0 Å². The molecule has 1 N–H and O–H groups in total. The van der Waals surface area contributed by atoms with Crippen LogP contribution in [0, 0.1) is 0 Å². The number of nitrogens with zero attached hydrogens (tertiary/aromatic N) is 3. The second-order valence-electron chi connectivity index (χ2n) is 2.86. The second kappa shape index (κ2) is 3.67. The van der Waals surface area contributed by atoms with Gasteiger partial charge in [-0.2, -0.15) is 5.10 Å². The number of halogens is 1. The Bertz CT molecular complexity index is 438. The maximum absolute atomic E-state index is 5.81. The van der Waals surface area contributed by atoms with Crippen molar-refractivity contribution < 1.29 is 0 Å². The normalized spacial score (nSPS) is 10.1. The highest BCUT2D eigenvalue weighted by Gasteiger charge is 1.98. The molecule has 72 valence electrons. The Kier molecular flexibility index (Phi) is 2.37. The molecular formula is C9H9ClN4. The van der Waals surface area contributed by atoms with Crippen LogP contribution in [0.3, 0.4) is 0 Å². The molecule has 14 heavy (non-hydrogen) atoms. The molecule has 4 nitrogen and oxygen atoms in total. The number of hydrogen-bond donors (Lipinski definition) is 1. The lowest BCUT2D eigenvalue weighted by Gasteiger charge is -2.00. The van der Waals surface area contributed by atoms with Gasteiger partial charge in [0.05, 0.1) is 0 Å². The predicted molar refractivity (Wildman–Crippen MR) is 55.7 cm³/mol. The first-order chi connectivity index (χ1) is 6.74. The van der Waals surface area contributed by atoms with E-state index < -0.39 is 0 Å². The topological polar surface area (TPSA) is 42.7 Å². The number of hydrogen-bond acceptors (Lipinski definition) is 3. The molecule has 0 fully saturated rings. The van der Waals surface area contributed by atoms with Crippen molar-refractivity contribution in [2.24, 2.45) is 7.05 Å². The molecule has 2 heterocycles. The molecule has 0 radical (unpaired) electrons. The Balaban J connectivity index is 2.18. The van der Waals surface area contributed by atoms with Gasteiger partial charge in [0.1, 0.15) is 5.82 Å². The number of aromatic nitrogens is 3. The first-order valence-corrected chi connectivity index (χ1v) is 4.50. The minimum absolute atomic E-state index is 0.651. The summed E-state index contributed by atoms with van der Waals surface area (Å²) in [4.78, 5) is 4.10. The van der Waals surface area contributed by atoms with Gasteiger partial charge in [0.2, 0.25) is 0 Å². The van der Waals surface area contributed by atoms with E-state index in [9.17, 15) is 0 Å². The van der Waals surface area contributed by atoms with Crippen molar-refractivity contribution in [2.75, 3.05) is 5.32 Å². The summed E-state index contributed by atoms with van der Waals surface area (Å²) in [7, 11) is 1.86. The summed E-state index contributed by atoms with van der Waals surface area (Å²) >= 11 is 5.81. The lowest BCUT2D eigenvalue weighted by molar-refractivity contribution is 0.771. The molecule has 0 atom stereocenters. The lowest BCUT2D eigenvalue weighted by atomic mass is 10.4. The number of rotatable bonds is 2. The smallest absolute Gasteiger partial charge is 0.153 e. The monoisotopic (exact) mass is 208 g/mol. The Morgan fingerprint density at radius 3 is 2.86 bits per heavy atom. The molecule has 0 aliphatic rings. The molecule has 0 spiro atoms. The van der Waals surface area contributed by atoms with Gasteiger partial charge in [-0.3, -0.25) is 4.68 Å². The van der Waals surface area contributed by atoms with E-state index in [1.807, 2.05) is 19.3 Å². The van der Waals surface area contributed by atoms with E-state index in [0.717, 1.165) is 5.82 Å². The summed E-state index contributed by atoms with van der Waals surface area (Å²) in [5, 5.41) is 7.85. The van der Waals surface area contributed by atoms with E-state index >= 15 is 0 Å². The molecule has 2 rings (SSSR count). The van der Waals surface area contributed by atoms with Gasteiger partial charge in [-0.15, -0.1) is 0 Å². The highest BCUT2D eigenvalue weighted by Crippen LogP contribution is 2.15. The zero-order chi connectivity index (χ0) is 9.97. The van der Waals surface area contributed by atoms with Crippen molar-refractivity contribution in [3.05, 3.63) is 35.6 Å². The fourth-order valence-electron chi connectivity index (χ4n) is 1.09. The second-order valence-corrected chi connectivity index (χ2v) is 3.30. The van der Waals surface area contributed by atoms with Gasteiger partial charge < -0.3 is 5.32 Å². The lowest BCUT2D eigenvalue weighted by Crippen LogP contribution is -1.95. The van der Waals surface area contributed by atoms with Crippen LogP contribution < -0.4 is 5.32 Å². The van der Waals surface area contributed by atoms with Crippen LogP contribution in [0.4, 0.5) is 11.6 Å². The van der Waals surface area contributed by atoms with Gasteiger partial charge in [-0.25, -0.2) is 4.98 Å². The van der Waals surface area contributed by atoms with Crippen LogP contribution in [0.1, 0.15) is 0 Å². The van der Waals surface area contributed by atoms with E-state index in [4.69, 9.17) is 11.6 Å². The van der Waals surface area contributed by atoms with Gasteiger partial charge in [0.25, 0.3) is 0 Å². The van der Waals surface area contributed by atoms with Crippen molar-refractivity contribution in [2.45, 2.75) is 0 Å². The van der Waals surface area contributed by atoms with Crippen LogP contribution >= 0.6 is 11.6 Å². The van der Waals surface area contributed by atoms with Gasteiger partial charge in [-0.1, -0.05) is 11.6 Å². The molecule has 0 bridgehead atoms. The maximum Gasteiger partial charge on any atom is 0.153 e. The van der Waals surface area contributed by atoms with Crippen LogP contribution in [0.5, 0.6) is 0 Å². The van der Waals surface area contributed by atoms with Gasteiger partial charge in [0, 0.05) is 30.5 Å². The molecule has 0 aromatic carbocycles. The summed E-state index contributed by atoms with van der Waals surface area (Å²) in [5.41, 5.74) is 0. The number of pyridine rings is 1. The van der Waals surface area contributed by atoms with E-state index in [0.29, 0.717) is 10.8 Å². The summed E-state index contributed by atoms with van der Waals surface area (Å²) < 4.78 is 1.72. The van der Waals surface area contributed by atoms with E-state index in [1.165, 1.54) is 0 Å². The van der Waals surface area contributed by atoms with Crippen molar-refractivity contribution in [3.63, 3.8) is 0 Å². The Labute approximate surface area is 86.5 Å². The van der Waals surface area contributed by atoms with Crippen molar-refractivity contribution in [1.82, 2.24) is 14.8 Å². The fourth-order valence-corrected chi connectivity index (χ4v) is 1.25. The molecule has 2 aromatic rings. The predicted octanol–water partition coefficient (Wildman–Crippen LogP) is 2.21. The Hall–Kier alpha value is -1.55. The molecule has 0 saturated carbocycles. The van der Waals surface area contributed by atoms with Gasteiger partial charge in [0.15, 0.2) is 5.82 Å². The average molecular weight is 209 g/mol. The molecule has 2 aromatic heterocycles. The van der Waals surface area contributed by atoms with Crippen molar-refractivity contribution in [1.29, 1.82) is 0 Å². The highest BCUT2D eigenvalue weighted by atomic mass is 35.5. The molecular weight excluding hydrogens is 200 g/mol.